The molecule has 1 aromatic rings. The summed E-state index contributed by atoms with van der Waals surface area (Å²) in [5.74, 6) is -0.372. The minimum absolute atomic E-state index is 0.372. The van der Waals surface area contributed by atoms with Crippen molar-refractivity contribution in [1.82, 2.24) is 10.2 Å². The number of benzene rings is 1. The lowest BCUT2D eigenvalue weighted by molar-refractivity contribution is 0.0752. The Hall–Kier alpha value is -1.14. The van der Waals surface area contributed by atoms with E-state index in [1.54, 1.807) is 6.07 Å². The average molecular weight is 361 g/mol. The number of amides is 1. The van der Waals surface area contributed by atoms with Gasteiger partial charge in [0.25, 0.3) is 0 Å². The molecule has 0 saturated carbocycles. The lowest BCUT2D eigenvalue weighted by Crippen LogP contribution is -2.42. The van der Waals surface area contributed by atoms with Crippen molar-refractivity contribution in [3.8, 4) is 0 Å². The number of ether oxygens (including phenoxy) is 1. The van der Waals surface area contributed by atoms with Gasteiger partial charge in [-0.05, 0) is 58.6 Å². The van der Waals surface area contributed by atoms with Crippen LogP contribution in [0.25, 0.3) is 0 Å². The standard InChI is InChI=1S/C15H22BrFN2O2/c1-15(2,3)18-14(20)21-13(9-19(4)5)10-6-11(16)8-12(17)7-10/h6-8,13H,9H2,1-5H3,(H,18,20). The molecule has 0 fully saturated rings. The van der Waals surface area contributed by atoms with Crippen molar-refractivity contribution >= 4 is 22.0 Å². The molecule has 0 radical (unpaired) electrons. The quantitative estimate of drug-likeness (QED) is 0.889. The van der Waals surface area contributed by atoms with Crippen molar-refractivity contribution in [1.29, 1.82) is 0 Å². The van der Waals surface area contributed by atoms with E-state index < -0.39 is 12.2 Å². The van der Waals surface area contributed by atoms with Gasteiger partial charge in [-0.2, -0.15) is 0 Å². The van der Waals surface area contributed by atoms with Gasteiger partial charge in [0, 0.05) is 16.6 Å². The number of rotatable bonds is 4. The van der Waals surface area contributed by atoms with E-state index in [9.17, 15) is 9.18 Å². The Kier molecular flexibility index (Phi) is 6.16. The van der Waals surface area contributed by atoms with Crippen LogP contribution < -0.4 is 5.32 Å². The molecule has 21 heavy (non-hydrogen) atoms. The zero-order valence-electron chi connectivity index (χ0n) is 13.0. The fraction of sp³-hybridized carbons (Fsp3) is 0.533. The van der Waals surface area contributed by atoms with Crippen LogP contribution in [0.15, 0.2) is 22.7 Å². The number of alkyl carbamates (subject to hydrolysis) is 1. The molecule has 0 aromatic heterocycles. The summed E-state index contributed by atoms with van der Waals surface area (Å²) in [6.07, 6.45) is -1.07. The first-order valence-electron chi connectivity index (χ1n) is 6.66. The molecule has 1 amide bonds. The summed E-state index contributed by atoms with van der Waals surface area (Å²) >= 11 is 3.25. The zero-order chi connectivity index (χ0) is 16.2. The van der Waals surface area contributed by atoms with Crippen LogP contribution in [0.4, 0.5) is 9.18 Å². The highest BCUT2D eigenvalue weighted by molar-refractivity contribution is 9.10. The van der Waals surface area contributed by atoms with Gasteiger partial charge in [0.05, 0.1) is 0 Å². The summed E-state index contributed by atoms with van der Waals surface area (Å²) < 4.78 is 19.6. The van der Waals surface area contributed by atoms with Crippen LogP contribution in [0.3, 0.4) is 0 Å². The van der Waals surface area contributed by atoms with Gasteiger partial charge in [0.15, 0.2) is 0 Å². The summed E-state index contributed by atoms with van der Waals surface area (Å²) in [6, 6.07) is 4.50. The number of nitrogens with zero attached hydrogens (tertiary/aromatic N) is 1. The first kappa shape index (κ1) is 17.9. The molecule has 0 heterocycles. The highest BCUT2D eigenvalue weighted by Crippen LogP contribution is 2.24. The van der Waals surface area contributed by atoms with E-state index in [2.05, 4.69) is 21.2 Å². The molecule has 0 aliphatic heterocycles. The number of halogens is 2. The minimum Gasteiger partial charge on any atom is -0.440 e. The molecule has 0 aliphatic carbocycles. The molecule has 0 saturated heterocycles. The SMILES string of the molecule is CN(C)CC(OC(=O)NC(C)(C)C)c1cc(F)cc(Br)c1. The molecule has 4 nitrogen and oxygen atoms in total. The lowest BCUT2D eigenvalue weighted by atomic mass is 10.1. The third kappa shape index (κ3) is 6.91. The molecule has 1 atom stereocenters. The monoisotopic (exact) mass is 360 g/mol. The van der Waals surface area contributed by atoms with Gasteiger partial charge < -0.3 is 15.0 Å². The van der Waals surface area contributed by atoms with Gasteiger partial charge in [0.2, 0.25) is 0 Å². The second kappa shape index (κ2) is 7.22. The van der Waals surface area contributed by atoms with Crippen LogP contribution in [-0.2, 0) is 4.74 Å². The molecule has 6 heteroatoms. The largest absolute Gasteiger partial charge is 0.440 e. The van der Waals surface area contributed by atoms with Crippen molar-refractivity contribution < 1.29 is 13.9 Å². The maximum absolute atomic E-state index is 13.5. The third-order valence-corrected chi connectivity index (χ3v) is 2.97. The van der Waals surface area contributed by atoms with Crippen LogP contribution >= 0.6 is 15.9 Å². The second-order valence-electron chi connectivity index (χ2n) is 6.23. The van der Waals surface area contributed by atoms with E-state index >= 15 is 0 Å². The predicted octanol–water partition coefficient (Wildman–Crippen LogP) is 3.72. The highest BCUT2D eigenvalue weighted by atomic mass is 79.9. The number of hydrogen-bond acceptors (Lipinski definition) is 3. The van der Waals surface area contributed by atoms with E-state index in [4.69, 9.17) is 4.74 Å². The molecular formula is C15H22BrFN2O2. The first-order chi connectivity index (χ1) is 9.56. The van der Waals surface area contributed by atoms with Gasteiger partial charge >= 0.3 is 6.09 Å². The molecule has 1 unspecified atom stereocenters. The van der Waals surface area contributed by atoms with E-state index in [0.717, 1.165) is 0 Å². The molecule has 0 aliphatic rings. The number of carbonyl (C=O) groups excluding carboxylic acids is 1. The maximum atomic E-state index is 13.5. The Labute approximate surface area is 133 Å². The molecule has 1 N–H and O–H groups in total. The molecule has 0 spiro atoms. The summed E-state index contributed by atoms with van der Waals surface area (Å²) in [7, 11) is 3.73. The maximum Gasteiger partial charge on any atom is 0.408 e. The molecular weight excluding hydrogens is 339 g/mol. The Morgan fingerprint density at radius 1 is 1.38 bits per heavy atom. The lowest BCUT2D eigenvalue weighted by Gasteiger charge is -2.25. The smallest absolute Gasteiger partial charge is 0.408 e. The summed E-state index contributed by atoms with van der Waals surface area (Å²) in [4.78, 5) is 13.8. The van der Waals surface area contributed by atoms with Gasteiger partial charge in [-0.1, -0.05) is 15.9 Å². The van der Waals surface area contributed by atoms with Gasteiger partial charge in [-0.3, -0.25) is 0 Å². The van der Waals surface area contributed by atoms with Crippen molar-refractivity contribution in [3.63, 3.8) is 0 Å². The summed E-state index contributed by atoms with van der Waals surface area (Å²) in [6.45, 7) is 6.07. The Balaban J connectivity index is 2.92. The summed E-state index contributed by atoms with van der Waals surface area (Å²) in [5, 5.41) is 2.74. The average Bonchev–Trinajstić information content (AvgIpc) is 2.23. The number of carbonyl (C=O) groups is 1. The number of nitrogens with one attached hydrogen (secondary N) is 1. The Bertz CT molecular complexity index is 481. The zero-order valence-corrected chi connectivity index (χ0v) is 14.6. The fourth-order valence-electron chi connectivity index (χ4n) is 1.77. The molecule has 118 valence electrons. The van der Waals surface area contributed by atoms with Crippen LogP contribution in [0.2, 0.25) is 0 Å². The highest BCUT2D eigenvalue weighted by Gasteiger charge is 2.22. The molecule has 1 rings (SSSR count). The molecule has 1 aromatic carbocycles. The van der Waals surface area contributed by atoms with Crippen molar-refractivity contribution in [2.24, 2.45) is 0 Å². The van der Waals surface area contributed by atoms with E-state index in [1.165, 1.54) is 12.1 Å². The molecule has 0 bridgehead atoms. The van der Waals surface area contributed by atoms with Crippen molar-refractivity contribution in [2.45, 2.75) is 32.4 Å². The van der Waals surface area contributed by atoms with Crippen LogP contribution in [0.5, 0.6) is 0 Å². The summed E-state index contributed by atoms with van der Waals surface area (Å²) in [5.41, 5.74) is 0.224. The minimum atomic E-state index is -0.547. The fourth-order valence-corrected chi connectivity index (χ4v) is 2.25. The Morgan fingerprint density at radius 3 is 2.48 bits per heavy atom. The van der Waals surface area contributed by atoms with Gasteiger partial charge in [0.1, 0.15) is 11.9 Å². The predicted molar refractivity (Wildman–Crippen MR) is 84.8 cm³/mol. The Morgan fingerprint density at radius 2 is 2.00 bits per heavy atom. The third-order valence-electron chi connectivity index (χ3n) is 2.51. The van der Waals surface area contributed by atoms with Gasteiger partial charge in [-0.15, -0.1) is 0 Å². The number of hydrogen-bond donors (Lipinski definition) is 1. The van der Waals surface area contributed by atoms with Crippen LogP contribution in [0, 0.1) is 5.82 Å². The van der Waals surface area contributed by atoms with Crippen molar-refractivity contribution in [3.05, 3.63) is 34.1 Å². The first-order valence-corrected chi connectivity index (χ1v) is 7.45. The second-order valence-corrected chi connectivity index (χ2v) is 7.15. The van der Waals surface area contributed by atoms with E-state index in [1.807, 2.05) is 39.8 Å². The van der Waals surface area contributed by atoms with Crippen LogP contribution in [-0.4, -0.2) is 37.2 Å². The van der Waals surface area contributed by atoms with Crippen molar-refractivity contribution in [2.75, 3.05) is 20.6 Å². The number of likely N-dealkylation sites (N-methyl/N-ethyl adjacent to an activating group) is 1. The van der Waals surface area contributed by atoms with Crippen LogP contribution in [0.1, 0.15) is 32.4 Å². The normalized spacial score (nSPS) is 13.1. The van der Waals surface area contributed by atoms with Gasteiger partial charge in [-0.25, -0.2) is 9.18 Å². The topological polar surface area (TPSA) is 41.6 Å². The van der Waals surface area contributed by atoms with E-state index in [-0.39, 0.29) is 11.4 Å². The van der Waals surface area contributed by atoms with E-state index in [0.29, 0.717) is 16.6 Å².